The second-order valence-corrected chi connectivity index (χ2v) is 8.83. The van der Waals surface area contributed by atoms with E-state index in [1.54, 1.807) is 12.3 Å². The van der Waals surface area contributed by atoms with Crippen LogP contribution in [-0.4, -0.2) is 58.5 Å². The number of nitrogens with one attached hydrogen (secondary N) is 2. The van der Waals surface area contributed by atoms with Crippen molar-refractivity contribution >= 4 is 21.7 Å². The van der Waals surface area contributed by atoms with E-state index >= 15 is 0 Å². The molecule has 180 valence electrons. The van der Waals surface area contributed by atoms with E-state index in [0.29, 0.717) is 13.2 Å². The first-order valence-corrected chi connectivity index (χ1v) is 11.5. The van der Waals surface area contributed by atoms with E-state index in [2.05, 4.69) is 24.7 Å². The van der Waals surface area contributed by atoms with Crippen molar-refractivity contribution in [2.24, 2.45) is 0 Å². The van der Waals surface area contributed by atoms with Crippen molar-refractivity contribution < 1.29 is 35.9 Å². The predicted octanol–water partition coefficient (Wildman–Crippen LogP) is 1.80. The summed E-state index contributed by atoms with van der Waals surface area (Å²) in [4.78, 5) is 18.3. The summed E-state index contributed by atoms with van der Waals surface area (Å²) >= 11 is 0. The van der Waals surface area contributed by atoms with Crippen LogP contribution in [0.3, 0.4) is 0 Å². The smallest absolute Gasteiger partial charge is 0.406 e. The van der Waals surface area contributed by atoms with Crippen LogP contribution in [0, 0.1) is 0 Å². The molecule has 2 aromatic rings. The number of pyridine rings is 1. The number of amides is 1. The highest BCUT2D eigenvalue weighted by molar-refractivity contribution is 7.89. The second kappa shape index (κ2) is 10.8. The molecule has 1 aromatic carbocycles. The highest BCUT2D eigenvalue weighted by atomic mass is 32.2. The van der Waals surface area contributed by atoms with Crippen LogP contribution in [0.4, 0.5) is 19.0 Å². The number of anilines is 1. The van der Waals surface area contributed by atoms with Crippen molar-refractivity contribution in [2.75, 3.05) is 37.7 Å². The van der Waals surface area contributed by atoms with Gasteiger partial charge in [-0.15, -0.1) is 13.2 Å². The lowest BCUT2D eigenvalue weighted by atomic mass is 10.2. The number of halogens is 3. The van der Waals surface area contributed by atoms with E-state index in [0.717, 1.165) is 48.7 Å². The number of carbonyl (C=O) groups excluding carboxylic acids is 1. The van der Waals surface area contributed by atoms with Gasteiger partial charge in [-0.25, -0.2) is 18.1 Å². The van der Waals surface area contributed by atoms with E-state index in [-0.39, 0.29) is 30.3 Å². The zero-order chi connectivity index (χ0) is 23.9. The molecular formula is C20H23F3N4O5S. The maximum atomic E-state index is 12.3. The van der Waals surface area contributed by atoms with Gasteiger partial charge in [-0.2, -0.15) is 0 Å². The zero-order valence-corrected chi connectivity index (χ0v) is 18.3. The molecule has 1 saturated heterocycles. The summed E-state index contributed by atoms with van der Waals surface area (Å²) in [6.07, 6.45) is -3.33. The van der Waals surface area contributed by atoms with E-state index < -0.39 is 22.1 Å². The van der Waals surface area contributed by atoms with E-state index in [4.69, 9.17) is 4.74 Å². The number of nitrogens with zero attached hydrogens (tertiary/aromatic N) is 2. The fourth-order valence-corrected chi connectivity index (χ4v) is 4.06. The van der Waals surface area contributed by atoms with Gasteiger partial charge in [-0.3, -0.25) is 4.79 Å². The molecule has 1 fully saturated rings. The summed E-state index contributed by atoms with van der Waals surface area (Å²) in [5.41, 5.74) is 0.849. The molecule has 0 bridgehead atoms. The molecule has 3 rings (SSSR count). The minimum Gasteiger partial charge on any atom is -0.406 e. The Balaban J connectivity index is 1.44. The van der Waals surface area contributed by atoms with Crippen molar-refractivity contribution in [1.82, 2.24) is 15.0 Å². The summed E-state index contributed by atoms with van der Waals surface area (Å²) in [5, 5.41) is 2.72. The van der Waals surface area contributed by atoms with Crippen molar-refractivity contribution in [2.45, 2.75) is 24.2 Å². The fourth-order valence-electron chi connectivity index (χ4n) is 3.03. The third kappa shape index (κ3) is 7.87. The van der Waals surface area contributed by atoms with Gasteiger partial charge in [-0.1, -0.05) is 0 Å². The predicted molar refractivity (Wildman–Crippen MR) is 112 cm³/mol. The number of ether oxygens (including phenoxy) is 2. The van der Waals surface area contributed by atoms with Gasteiger partial charge in [0, 0.05) is 38.8 Å². The van der Waals surface area contributed by atoms with Crippen LogP contribution in [0.25, 0.3) is 0 Å². The zero-order valence-electron chi connectivity index (χ0n) is 17.5. The number of hydrogen-bond acceptors (Lipinski definition) is 7. The highest BCUT2D eigenvalue weighted by Gasteiger charge is 2.31. The molecule has 0 spiro atoms. The number of rotatable bonds is 9. The lowest BCUT2D eigenvalue weighted by Gasteiger charge is -2.28. The molecule has 2 heterocycles. The molecule has 33 heavy (non-hydrogen) atoms. The van der Waals surface area contributed by atoms with Crippen molar-refractivity contribution in [1.29, 1.82) is 0 Å². The van der Waals surface area contributed by atoms with Crippen LogP contribution >= 0.6 is 0 Å². The minimum absolute atomic E-state index is 0.115. The minimum atomic E-state index is -4.87. The van der Waals surface area contributed by atoms with Gasteiger partial charge in [0.05, 0.1) is 18.1 Å². The summed E-state index contributed by atoms with van der Waals surface area (Å²) in [6, 6.07) is 7.42. The van der Waals surface area contributed by atoms with E-state index in [1.807, 2.05) is 6.07 Å². The molecule has 0 saturated carbocycles. The van der Waals surface area contributed by atoms with Crippen molar-refractivity contribution in [3.05, 3.63) is 48.2 Å². The number of sulfonamides is 1. The Hall–Kier alpha value is -2.90. The molecule has 0 atom stereocenters. The molecule has 1 amide bonds. The van der Waals surface area contributed by atoms with Crippen LogP contribution in [0.2, 0.25) is 0 Å². The van der Waals surface area contributed by atoms with Gasteiger partial charge in [-0.05, 0) is 42.0 Å². The number of carbonyl (C=O) groups is 1. The van der Waals surface area contributed by atoms with Crippen molar-refractivity contribution in [3.8, 4) is 5.75 Å². The highest BCUT2D eigenvalue weighted by Crippen LogP contribution is 2.23. The Morgan fingerprint density at radius 3 is 2.52 bits per heavy atom. The van der Waals surface area contributed by atoms with Crippen LogP contribution < -0.4 is 19.7 Å². The lowest BCUT2D eigenvalue weighted by molar-refractivity contribution is -0.274. The van der Waals surface area contributed by atoms with Crippen LogP contribution in [-0.2, 0) is 26.1 Å². The molecule has 13 heteroatoms. The first-order valence-electron chi connectivity index (χ1n) is 10.0. The van der Waals surface area contributed by atoms with Crippen molar-refractivity contribution in [3.63, 3.8) is 0 Å². The quantitative estimate of drug-likeness (QED) is 0.554. The Morgan fingerprint density at radius 1 is 1.15 bits per heavy atom. The number of hydrogen-bond donors (Lipinski definition) is 2. The molecule has 0 radical (unpaired) electrons. The Kier molecular flexibility index (Phi) is 8.10. The Bertz CT molecular complexity index is 1040. The first-order chi connectivity index (χ1) is 15.6. The number of alkyl halides is 3. The third-order valence-electron chi connectivity index (χ3n) is 4.65. The third-order valence-corrected chi connectivity index (χ3v) is 6.12. The molecule has 1 aliphatic rings. The van der Waals surface area contributed by atoms with Gasteiger partial charge < -0.3 is 19.7 Å². The molecule has 9 nitrogen and oxygen atoms in total. The fraction of sp³-hybridized carbons (Fsp3) is 0.400. The van der Waals surface area contributed by atoms with E-state index in [9.17, 15) is 26.4 Å². The number of morpholine rings is 1. The molecule has 2 N–H and O–H groups in total. The molecule has 1 aromatic heterocycles. The maximum absolute atomic E-state index is 12.3. The standard InChI is InChI=1S/C20H23F3N4O5S/c21-20(22,23)32-16-1-3-17(4-2-16)33(29,30)26-8-6-19(28)25-14-15-5-7-24-18(13-15)27-9-11-31-12-10-27/h1-5,7,13,26H,6,8-12,14H2,(H,25,28). The van der Waals surface area contributed by atoms with Crippen LogP contribution in [0.5, 0.6) is 5.75 Å². The first kappa shape index (κ1) is 24.7. The topological polar surface area (TPSA) is 110 Å². The van der Waals surface area contributed by atoms with Gasteiger partial charge in [0.15, 0.2) is 0 Å². The van der Waals surface area contributed by atoms with Gasteiger partial charge >= 0.3 is 6.36 Å². The molecule has 1 aliphatic heterocycles. The summed E-state index contributed by atoms with van der Waals surface area (Å²) in [6.45, 7) is 2.81. The Labute approximate surface area is 188 Å². The van der Waals surface area contributed by atoms with Gasteiger partial charge in [0.1, 0.15) is 11.6 Å². The van der Waals surface area contributed by atoms with Gasteiger partial charge in [0.2, 0.25) is 15.9 Å². The monoisotopic (exact) mass is 488 g/mol. The van der Waals surface area contributed by atoms with Gasteiger partial charge in [0.25, 0.3) is 0 Å². The van der Waals surface area contributed by atoms with Crippen LogP contribution in [0.15, 0.2) is 47.5 Å². The average Bonchev–Trinajstić information content (AvgIpc) is 2.78. The molecule has 0 unspecified atom stereocenters. The average molecular weight is 488 g/mol. The van der Waals surface area contributed by atoms with E-state index in [1.165, 1.54) is 0 Å². The lowest BCUT2D eigenvalue weighted by Crippen LogP contribution is -2.36. The summed E-state index contributed by atoms with van der Waals surface area (Å²) in [5.74, 6) is -0.102. The maximum Gasteiger partial charge on any atom is 0.573 e. The SMILES string of the molecule is O=C(CCNS(=O)(=O)c1ccc(OC(F)(F)F)cc1)NCc1ccnc(N2CCOCC2)c1. The van der Waals surface area contributed by atoms with Crippen LogP contribution in [0.1, 0.15) is 12.0 Å². The molecular weight excluding hydrogens is 465 g/mol. The summed E-state index contributed by atoms with van der Waals surface area (Å²) in [7, 11) is -3.99. The second-order valence-electron chi connectivity index (χ2n) is 7.07. The number of aromatic nitrogens is 1. The molecule has 0 aliphatic carbocycles. The Morgan fingerprint density at radius 2 is 1.85 bits per heavy atom. The number of benzene rings is 1. The largest absolute Gasteiger partial charge is 0.573 e. The normalized spacial score (nSPS) is 14.7. The summed E-state index contributed by atoms with van der Waals surface area (Å²) < 4.78 is 72.4.